The smallest absolute Gasteiger partial charge is 0.306 e. The SMILES string of the molecule is CCCCCC/C=C\C/C=C\CCCCCCCC(=O)OC(COC(=O)CCCCCCCCCCCC)COC(=O)CCCCCCCCCCCCCCCCCCCCCCCCCCCC. The van der Waals surface area contributed by atoms with Gasteiger partial charge in [0.05, 0.1) is 0 Å². The Morgan fingerprint density at radius 2 is 0.514 bits per heavy atom. The van der Waals surface area contributed by atoms with Gasteiger partial charge in [0, 0.05) is 19.3 Å². The van der Waals surface area contributed by atoms with E-state index in [0.29, 0.717) is 19.3 Å². The zero-order chi connectivity index (χ0) is 50.7. The minimum absolute atomic E-state index is 0.0716. The van der Waals surface area contributed by atoms with E-state index in [1.54, 1.807) is 0 Å². The van der Waals surface area contributed by atoms with Gasteiger partial charge in [0.1, 0.15) is 13.2 Å². The molecule has 0 N–H and O–H groups in total. The normalized spacial score (nSPS) is 12.1. The van der Waals surface area contributed by atoms with Gasteiger partial charge in [-0.2, -0.15) is 0 Å². The Labute approximate surface area is 436 Å². The first-order valence-corrected chi connectivity index (χ1v) is 31.3. The monoisotopic (exact) mass is 985 g/mol. The summed E-state index contributed by atoms with van der Waals surface area (Å²) in [5.74, 6) is -0.864. The van der Waals surface area contributed by atoms with Gasteiger partial charge in [-0.15, -0.1) is 0 Å². The Kier molecular flexibility index (Phi) is 57.7. The van der Waals surface area contributed by atoms with Crippen molar-refractivity contribution in [2.24, 2.45) is 0 Å². The lowest BCUT2D eigenvalue weighted by Crippen LogP contribution is -2.30. The van der Waals surface area contributed by atoms with Crippen LogP contribution in [0.1, 0.15) is 348 Å². The Balaban J connectivity index is 4.15. The molecule has 0 aliphatic heterocycles. The van der Waals surface area contributed by atoms with Crippen molar-refractivity contribution in [3.63, 3.8) is 0 Å². The number of rotatable bonds is 58. The molecular formula is C64H120O6. The third-order valence-electron chi connectivity index (χ3n) is 14.2. The van der Waals surface area contributed by atoms with Crippen LogP contribution in [-0.2, 0) is 28.6 Å². The number of carbonyl (C=O) groups excluding carboxylic acids is 3. The van der Waals surface area contributed by atoms with E-state index in [2.05, 4.69) is 45.1 Å². The topological polar surface area (TPSA) is 78.9 Å². The summed E-state index contributed by atoms with van der Waals surface area (Å²) in [6, 6.07) is 0. The first-order chi connectivity index (χ1) is 34.5. The maximum absolute atomic E-state index is 12.8. The molecule has 0 saturated carbocycles. The molecule has 70 heavy (non-hydrogen) atoms. The van der Waals surface area contributed by atoms with Gasteiger partial charge in [0.15, 0.2) is 6.10 Å². The summed E-state index contributed by atoms with van der Waals surface area (Å²) in [6.45, 7) is 6.66. The van der Waals surface area contributed by atoms with Crippen molar-refractivity contribution in [3.05, 3.63) is 24.3 Å². The highest BCUT2D eigenvalue weighted by Crippen LogP contribution is 2.18. The third kappa shape index (κ3) is 56.8. The lowest BCUT2D eigenvalue weighted by atomic mass is 10.0. The molecule has 0 amide bonds. The van der Waals surface area contributed by atoms with E-state index in [1.807, 2.05) is 0 Å². The van der Waals surface area contributed by atoms with Crippen molar-refractivity contribution in [2.75, 3.05) is 13.2 Å². The number of hydrogen-bond donors (Lipinski definition) is 0. The lowest BCUT2D eigenvalue weighted by molar-refractivity contribution is -0.167. The highest BCUT2D eigenvalue weighted by atomic mass is 16.6. The fraction of sp³-hybridized carbons (Fsp3) is 0.891. The predicted octanol–water partition coefficient (Wildman–Crippen LogP) is 21.1. The second-order valence-electron chi connectivity index (χ2n) is 21.3. The summed E-state index contributed by atoms with van der Waals surface area (Å²) in [6.07, 6.45) is 70.5. The van der Waals surface area contributed by atoms with E-state index >= 15 is 0 Å². The van der Waals surface area contributed by atoms with Crippen LogP contribution in [0.3, 0.4) is 0 Å². The van der Waals surface area contributed by atoms with E-state index in [9.17, 15) is 14.4 Å². The van der Waals surface area contributed by atoms with Crippen LogP contribution in [0.25, 0.3) is 0 Å². The molecule has 0 aliphatic carbocycles. The summed E-state index contributed by atoms with van der Waals surface area (Å²) in [5, 5.41) is 0. The summed E-state index contributed by atoms with van der Waals surface area (Å²) < 4.78 is 16.9. The fourth-order valence-corrected chi connectivity index (χ4v) is 9.48. The molecule has 6 heteroatoms. The largest absolute Gasteiger partial charge is 0.462 e. The van der Waals surface area contributed by atoms with Crippen molar-refractivity contribution in [2.45, 2.75) is 354 Å². The number of allylic oxidation sites excluding steroid dienone is 4. The number of hydrogen-bond acceptors (Lipinski definition) is 6. The molecule has 0 aliphatic rings. The average molecular weight is 986 g/mol. The van der Waals surface area contributed by atoms with E-state index in [1.165, 1.54) is 231 Å². The predicted molar refractivity (Wildman–Crippen MR) is 303 cm³/mol. The highest BCUT2D eigenvalue weighted by molar-refractivity contribution is 5.71. The molecule has 0 fully saturated rings. The van der Waals surface area contributed by atoms with E-state index in [0.717, 1.165) is 77.0 Å². The van der Waals surface area contributed by atoms with Crippen LogP contribution in [0.15, 0.2) is 24.3 Å². The van der Waals surface area contributed by atoms with E-state index in [4.69, 9.17) is 14.2 Å². The Hall–Kier alpha value is -2.11. The molecule has 0 rings (SSSR count). The molecule has 1 atom stereocenters. The van der Waals surface area contributed by atoms with Gasteiger partial charge < -0.3 is 14.2 Å². The van der Waals surface area contributed by atoms with Crippen LogP contribution < -0.4 is 0 Å². The summed E-state index contributed by atoms with van der Waals surface area (Å²) in [5.41, 5.74) is 0. The second-order valence-corrected chi connectivity index (χ2v) is 21.3. The molecular weight excluding hydrogens is 865 g/mol. The first kappa shape index (κ1) is 67.9. The minimum Gasteiger partial charge on any atom is -0.462 e. The van der Waals surface area contributed by atoms with Crippen molar-refractivity contribution >= 4 is 17.9 Å². The Morgan fingerprint density at radius 3 is 0.800 bits per heavy atom. The molecule has 0 heterocycles. The van der Waals surface area contributed by atoms with Gasteiger partial charge in [-0.3, -0.25) is 14.4 Å². The van der Waals surface area contributed by atoms with Crippen molar-refractivity contribution in [3.8, 4) is 0 Å². The van der Waals surface area contributed by atoms with Crippen LogP contribution in [0.4, 0.5) is 0 Å². The molecule has 1 unspecified atom stereocenters. The Bertz CT molecular complexity index is 1130. The Morgan fingerprint density at radius 1 is 0.286 bits per heavy atom. The number of carbonyl (C=O) groups is 3. The van der Waals surface area contributed by atoms with Crippen molar-refractivity contribution < 1.29 is 28.6 Å². The third-order valence-corrected chi connectivity index (χ3v) is 14.2. The maximum atomic E-state index is 12.8. The van der Waals surface area contributed by atoms with Crippen LogP contribution >= 0.6 is 0 Å². The van der Waals surface area contributed by atoms with Gasteiger partial charge >= 0.3 is 17.9 Å². The molecule has 0 spiro atoms. The average Bonchev–Trinajstić information content (AvgIpc) is 3.36. The zero-order valence-electron chi connectivity index (χ0n) is 47.3. The molecule has 6 nitrogen and oxygen atoms in total. The van der Waals surface area contributed by atoms with Gasteiger partial charge in [-0.25, -0.2) is 0 Å². The zero-order valence-corrected chi connectivity index (χ0v) is 47.3. The van der Waals surface area contributed by atoms with Crippen LogP contribution in [0.5, 0.6) is 0 Å². The second kappa shape index (κ2) is 59.5. The van der Waals surface area contributed by atoms with Crippen LogP contribution in [0.2, 0.25) is 0 Å². The van der Waals surface area contributed by atoms with Crippen LogP contribution in [0, 0.1) is 0 Å². The molecule has 0 aromatic heterocycles. The summed E-state index contributed by atoms with van der Waals surface area (Å²) >= 11 is 0. The van der Waals surface area contributed by atoms with E-state index in [-0.39, 0.29) is 31.1 Å². The first-order valence-electron chi connectivity index (χ1n) is 31.3. The van der Waals surface area contributed by atoms with Gasteiger partial charge in [0.25, 0.3) is 0 Å². The number of ether oxygens (including phenoxy) is 3. The molecule has 0 aromatic carbocycles. The summed E-state index contributed by atoms with van der Waals surface area (Å²) in [7, 11) is 0. The highest BCUT2D eigenvalue weighted by Gasteiger charge is 2.19. The van der Waals surface area contributed by atoms with Crippen molar-refractivity contribution in [1.29, 1.82) is 0 Å². The molecule has 412 valence electrons. The number of unbranched alkanes of at least 4 members (excludes halogenated alkanes) is 43. The molecule has 0 aromatic rings. The minimum atomic E-state index is -0.773. The quantitative estimate of drug-likeness (QED) is 0.0261. The maximum Gasteiger partial charge on any atom is 0.306 e. The lowest BCUT2D eigenvalue weighted by Gasteiger charge is -2.18. The fourth-order valence-electron chi connectivity index (χ4n) is 9.48. The van der Waals surface area contributed by atoms with Gasteiger partial charge in [-0.1, -0.05) is 302 Å². The standard InChI is InChI=1S/C64H120O6/c1-4-7-10-13-16-19-22-24-26-28-29-30-31-32-33-34-35-36-37-39-40-42-45-48-51-54-57-63(66)69-60-61(59-68-62(65)56-53-50-47-44-21-18-15-12-9-6-3)70-64(67)58-55-52-49-46-43-41-38-27-25-23-20-17-14-11-8-5-2/h20,23,27,38,61H,4-19,21-22,24-26,28-37,39-60H2,1-3H3/b23-20-,38-27-. The molecule has 0 radical (unpaired) electrons. The van der Waals surface area contributed by atoms with E-state index < -0.39 is 6.10 Å². The molecule has 0 bridgehead atoms. The summed E-state index contributed by atoms with van der Waals surface area (Å²) in [4.78, 5) is 38.1. The number of esters is 3. The van der Waals surface area contributed by atoms with Gasteiger partial charge in [0.2, 0.25) is 0 Å². The molecule has 0 saturated heterocycles. The van der Waals surface area contributed by atoms with Gasteiger partial charge in [-0.05, 0) is 51.4 Å². The van der Waals surface area contributed by atoms with Crippen molar-refractivity contribution in [1.82, 2.24) is 0 Å². The van der Waals surface area contributed by atoms with Crippen LogP contribution in [-0.4, -0.2) is 37.2 Å².